The predicted molar refractivity (Wildman–Crippen MR) is 192 cm³/mol. The molecule has 51 heavy (non-hydrogen) atoms. The van der Waals surface area contributed by atoms with E-state index in [9.17, 15) is 24.0 Å². The van der Waals surface area contributed by atoms with Gasteiger partial charge in [-0.05, 0) is 11.1 Å². The number of hydrogen-bond acceptors (Lipinski definition) is 14. The summed E-state index contributed by atoms with van der Waals surface area (Å²) >= 11 is 8.90. The summed E-state index contributed by atoms with van der Waals surface area (Å²) in [4.78, 5) is 75.6. The second-order valence-corrected chi connectivity index (χ2v) is 14.5. The molecule has 2 saturated heterocycles. The number of thioether (sulfide) groups is 1. The quantitative estimate of drug-likeness (QED) is 0.0630. The molecule has 2 aromatic carbocycles. The van der Waals surface area contributed by atoms with E-state index in [0.29, 0.717) is 0 Å². The molecule has 0 saturated carbocycles. The number of carbonyl (C=O) groups excluding carboxylic acids is 5. The third-order valence-electron chi connectivity index (χ3n) is 7.82. The van der Waals surface area contributed by atoms with Crippen molar-refractivity contribution in [2.45, 2.75) is 29.9 Å². The molecule has 0 spiro atoms. The van der Waals surface area contributed by atoms with Gasteiger partial charge in [-0.25, -0.2) is 4.98 Å². The van der Waals surface area contributed by atoms with Gasteiger partial charge in [0.1, 0.15) is 40.5 Å². The van der Waals surface area contributed by atoms with Gasteiger partial charge in [0.25, 0.3) is 5.91 Å². The zero-order valence-electron chi connectivity index (χ0n) is 26.9. The minimum absolute atomic E-state index is 0.114. The Morgan fingerprint density at radius 1 is 1.04 bits per heavy atom. The van der Waals surface area contributed by atoms with Gasteiger partial charge >= 0.3 is 5.97 Å². The number of esters is 1. The Bertz CT molecular complexity index is 1940. The van der Waals surface area contributed by atoms with Crippen molar-refractivity contribution in [3.05, 3.63) is 87.9 Å². The normalized spacial score (nSPS) is 19.8. The molecule has 264 valence electrons. The Hall–Kier alpha value is -4.91. The second-order valence-electron chi connectivity index (χ2n) is 11.2. The Kier molecular flexibility index (Phi) is 10.9. The van der Waals surface area contributed by atoms with Crippen LogP contribution in [0.15, 0.2) is 71.2 Å². The van der Waals surface area contributed by atoms with E-state index in [4.69, 9.17) is 21.2 Å². The number of alkyl halides is 1. The van der Waals surface area contributed by atoms with Crippen molar-refractivity contribution < 1.29 is 33.5 Å². The van der Waals surface area contributed by atoms with Crippen LogP contribution in [0, 0.1) is 0 Å². The predicted octanol–water partition coefficient (Wildman–Crippen LogP) is 3.15. The van der Waals surface area contributed by atoms with Gasteiger partial charge in [-0.3, -0.25) is 24.0 Å². The van der Waals surface area contributed by atoms with Crippen LogP contribution in [0.2, 0.25) is 0 Å². The number of benzene rings is 2. The monoisotopic (exact) mass is 768 g/mol. The summed E-state index contributed by atoms with van der Waals surface area (Å²) in [5.74, 6) is -2.80. The highest BCUT2D eigenvalue weighted by Crippen LogP contribution is 2.46. The van der Waals surface area contributed by atoms with Crippen LogP contribution in [-0.4, -0.2) is 92.1 Å². The van der Waals surface area contributed by atoms with Gasteiger partial charge < -0.3 is 30.4 Å². The van der Waals surface area contributed by atoms with Crippen LogP contribution in [-0.2, 0) is 39.0 Å². The van der Waals surface area contributed by atoms with Crippen LogP contribution in [0.5, 0.6) is 0 Å². The summed E-state index contributed by atoms with van der Waals surface area (Å²) in [5.41, 5.74) is -0.0693. The highest BCUT2D eigenvalue weighted by Gasteiger charge is 2.60. The van der Waals surface area contributed by atoms with Crippen molar-refractivity contribution in [2.24, 2.45) is 5.16 Å². The molecule has 6 rings (SSSR count). The molecule has 2 aliphatic rings. The van der Waals surface area contributed by atoms with Crippen LogP contribution in [0.25, 0.3) is 0 Å². The largest absolute Gasteiger partial charge is 0.452 e. The molecule has 4 heterocycles. The minimum atomic E-state index is -1.46. The highest BCUT2D eigenvalue weighted by atomic mass is 35.5. The Morgan fingerprint density at radius 3 is 2.35 bits per heavy atom. The standard InChI is InChI=1S/C32H29ClN8O7S3/c1-17(42)34-31-39-38-28(51-31)32(29(46)48-24(18-9-5-3-6-10-18)19-11-7-4-8-12-19)15-41-26(45)23(27(41)50-16-32)37-25(44)22(40-47-2)20-14-49-30(35-20)36-21(43)13-33/h3-12,14,23-24,27H,13,15-16H2,1-2H3,(H,37,44)(H,34,39,42)(H,35,36,43)/t23?,27-,32?/m1/s1. The number of nitrogens with zero attached hydrogens (tertiary/aromatic N) is 5. The topological polar surface area (TPSA) is 194 Å². The number of rotatable bonds is 12. The van der Waals surface area contributed by atoms with Gasteiger partial charge in [0.15, 0.2) is 16.9 Å². The van der Waals surface area contributed by atoms with Crippen molar-refractivity contribution in [3.63, 3.8) is 0 Å². The molecule has 0 radical (unpaired) electrons. The third-order valence-corrected chi connectivity index (χ3v) is 11.4. The molecule has 4 aromatic rings. The summed E-state index contributed by atoms with van der Waals surface area (Å²) in [6.07, 6.45) is -0.769. The number of anilines is 2. The van der Waals surface area contributed by atoms with Crippen LogP contribution in [0.4, 0.5) is 10.3 Å². The zero-order chi connectivity index (χ0) is 36.1. The number of halogens is 1. The first-order valence-electron chi connectivity index (χ1n) is 15.2. The summed E-state index contributed by atoms with van der Waals surface area (Å²) in [6.45, 7) is 1.22. The Morgan fingerprint density at radius 2 is 1.73 bits per heavy atom. The molecule has 2 aliphatic heterocycles. The van der Waals surface area contributed by atoms with Gasteiger partial charge in [-0.2, -0.15) is 0 Å². The molecule has 15 nitrogen and oxygen atoms in total. The van der Waals surface area contributed by atoms with E-state index in [2.05, 4.69) is 36.3 Å². The van der Waals surface area contributed by atoms with Crippen LogP contribution in [0.1, 0.15) is 34.9 Å². The summed E-state index contributed by atoms with van der Waals surface area (Å²) in [6, 6.07) is 17.6. The first kappa shape index (κ1) is 35.9. The fourth-order valence-corrected chi connectivity index (χ4v) is 8.80. The van der Waals surface area contributed by atoms with Crippen LogP contribution in [0.3, 0.4) is 0 Å². The van der Waals surface area contributed by atoms with Crippen LogP contribution >= 0.6 is 46.0 Å². The molecular weight excluding hydrogens is 740 g/mol. The minimum Gasteiger partial charge on any atom is -0.452 e. The van der Waals surface area contributed by atoms with E-state index < -0.39 is 46.6 Å². The van der Waals surface area contributed by atoms with Crippen molar-refractivity contribution in [2.75, 3.05) is 35.9 Å². The molecule has 2 aromatic heterocycles. The number of fused-ring (bicyclic) bond motifs is 1. The third kappa shape index (κ3) is 7.58. The lowest BCUT2D eigenvalue weighted by molar-refractivity contribution is -0.160. The average molecular weight is 769 g/mol. The summed E-state index contributed by atoms with van der Waals surface area (Å²) < 4.78 is 6.31. The number of β-lactam (4-membered cyclic amide) rings is 1. The van der Waals surface area contributed by atoms with Gasteiger partial charge in [0, 0.05) is 24.6 Å². The van der Waals surface area contributed by atoms with Crippen molar-refractivity contribution in [3.8, 4) is 0 Å². The lowest BCUT2D eigenvalue weighted by Crippen LogP contribution is -2.74. The van der Waals surface area contributed by atoms with Crippen LogP contribution < -0.4 is 16.0 Å². The number of ether oxygens (including phenoxy) is 1. The first-order chi connectivity index (χ1) is 24.6. The molecule has 3 N–H and O–H groups in total. The van der Waals surface area contributed by atoms with Crippen molar-refractivity contribution in [1.82, 2.24) is 25.4 Å². The first-order valence-corrected chi connectivity index (χ1v) is 18.5. The highest BCUT2D eigenvalue weighted by molar-refractivity contribution is 8.00. The number of nitrogens with one attached hydrogen (secondary N) is 3. The summed E-state index contributed by atoms with van der Waals surface area (Å²) in [7, 11) is 1.26. The SMILES string of the molecule is CON=C(C(=O)NC1C(=O)N2CC(C(=O)OC(c3ccccc3)c3ccccc3)(c3nnc(NC(C)=O)s3)CS[C@H]12)c1csc(NC(=O)CCl)n1. The number of carbonyl (C=O) groups is 5. The van der Waals surface area contributed by atoms with E-state index in [0.717, 1.165) is 33.8 Å². The van der Waals surface area contributed by atoms with Crippen molar-refractivity contribution >= 4 is 91.6 Å². The van der Waals surface area contributed by atoms with Gasteiger partial charge in [0.05, 0.1) is 0 Å². The van der Waals surface area contributed by atoms with Gasteiger partial charge in [-0.15, -0.1) is 44.9 Å². The van der Waals surface area contributed by atoms with E-state index in [1.54, 1.807) is 0 Å². The average Bonchev–Trinajstić information content (AvgIpc) is 3.81. The number of hydrogen-bond donors (Lipinski definition) is 3. The fourth-order valence-electron chi connectivity index (χ4n) is 5.43. The summed E-state index contributed by atoms with van der Waals surface area (Å²) in [5, 5.41) is 21.6. The van der Waals surface area contributed by atoms with E-state index >= 15 is 0 Å². The molecule has 0 bridgehead atoms. The molecule has 0 aliphatic carbocycles. The Balaban J connectivity index is 1.24. The number of oxime groups is 1. The van der Waals surface area contributed by atoms with Gasteiger partial charge in [0.2, 0.25) is 22.9 Å². The molecule has 2 fully saturated rings. The smallest absolute Gasteiger partial charge is 0.322 e. The van der Waals surface area contributed by atoms with E-state index in [1.807, 2.05) is 60.7 Å². The lowest BCUT2D eigenvalue weighted by Gasteiger charge is -2.53. The molecule has 19 heteroatoms. The number of thiazole rings is 1. The molecule has 4 amide bonds. The van der Waals surface area contributed by atoms with Gasteiger partial charge in [-0.1, -0.05) is 77.2 Å². The van der Waals surface area contributed by atoms with E-state index in [1.165, 1.54) is 36.1 Å². The van der Waals surface area contributed by atoms with E-state index in [-0.39, 0.29) is 50.8 Å². The van der Waals surface area contributed by atoms with Crippen molar-refractivity contribution in [1.29, 1.82) is 0 Å². The zero-order valence-corrected chi connectivity index (χ0v) is 30.1. The maximum absolute atomic E-state index is 14.5. The molecule has 2 unspecified atom stereocenters. The number of amides is 4. The fraction of sp³-hybridized carbons (Fsp3) is 0.281. The number of aromatic nitrogens is 3. The lowest BCUT2D eigenvalue weighted by atomic mass is 9.87. The maximum atomic E-state index is 14.5. The maximum Gasteiger partial charge on any atom is 0.322 e. The molecule has 3 atom stereocenters. The Labute approximate surface area is 308 Å². The second kappa shape index (κ2) is 15.5. The molecular formula is C32H29ClN8O7S3.